The number of ether oxygens (including phenoxy) is 2. The van der Waals surface area contributed by atoms with Gasteiger partial charge in [0.2, 0.25) is 5.95 Å². The molecule has 3 aromatic rings. The molecule has 0 spiro atoms. The van der Waals surface area contributed by atoms with Crippen molar-refractivity contribution in [2.24, 2.45) is 0 Å². The Labute approximate surface area is 196 Å². The zero-order valence-corrected chi connectivity index (χ0v) is 19.6. The van der Waals surface area contributed by atoms with E-state index in [1.165, 1.54) is 19.2 Å². The number of amides is 1. The SMILES string of the molecule is COC(=O)N1CC(n2cnc3c(OS(=O)(=O)c4ccc(C)cc4)nc(N4CCOCC4)nc32)C1. The number of hydrogen-bond donors (Lipinski definition) is 0. The first-order valence-electron chi connectivity index (χ1n) is 10.8. The summed E-state index contributed by atoms with van der Waals surface area (Å²) in [4.78, 5) is 28.7. The van der Waals surface area contributed by atoms with E-state index in [2.05, 4.69) is 15.0 Å². The zero-order chi connectivity index (χ0) is 23.9. The summed E-state index contributed by atoms with van der Waals surface area (Å²) in [6.07, 6.45) is 1.16. The first kappa shape index (κ1) is 22.3. The van der Waals surface area contributed by atoms with E-state index < -0.39 is 16.2 Å². The lowest BCUT2D eigenvalue weighted by molar-refractivity contribution is 0.0721. The smallest absolute Gasteiger partial charge is 0.409 e. The van der Waals surface area contributed by atoms with Crippen LogP contribution in [0.3, 0.4) is 0 Å². The van der Waals surface area contributed by atoms with Crippen molar-refractivity contribution >= 4 is 33.3 Å². The van der Waals surface area contributed by atoms with Gasteiger partial charge in [-0.1, -0.05) is 17.7 Å². The number of aromatic nitrogens is 4. The van der Waals surface area contributed by atoms with Crippen molar-refractivity contribution < 1.29 is 26.9 Å². The highest BCUT2D eigenvalue weighted by Gasteiger charge is 2.35. The van der Waals surface area contributed by atoms with E-state index >= 15 is 0 Å². The Morgan fingerprint density at radius 2 is 1.82 bits per heavy atom. The number of fused-ring (bicyclic) bond motifs is 1. The molecule has 12 nitrogen and oxygen atoms in total. The molecule has 34 heavy (non-hydrogen) atoms. The number of carbonyl (C=O) groups excluding carboxylic acids is 1. The number of likely N-dealkylation sites (tertiary alicyclic amines) is 1. The quantitative estimate of drug-likeness (QED) is 0.485. The maximum Gasteiger partial charge on any atom is 0.409 e. The van der Waals surface area contributed by atoms with E-state index in [0.29, 0.717) is 51.0 Å². The molecule has 1 amide bonds. The van der Waals surface area contributed by atoms with Crippen LogP contribution in [0.1, 0.15) is 11.6 Å². The third-order valence-electron chi connectivity index (χ3n) is 5.86. The fourth-order valence-electron chi connectivity index (χ4n) is 3.88. The van der Waals surface area contributed by atoms with Crippen LogP contribution in [0.2, 0.25) is 0 Å². The topological polar surface area (TPSA) is 129 Å². The van der Waals surface area contributed by atoms with Crippen LogP contribution < -0.4 is 9.08 Å². The maximum atomic E-state index is 13.0. The fraction of sp³-hybridized carbons (Fsp3) is 0.429. The lowest BCUT2D eigenvalue weighted by atomic mass is 10.1. The monoisotopic (exact) mass is 488 g/mol. The molecule has 2 fully saturated rings. The molecule has 0 bridgehead atoms. The Kier molecular flexibility index (Phi) is 5.73. The molecule has 0 unspecified atom stereocenters. The number of nitrogens with zero attached hydrogens (tertiary/aromatic N) is 6. The Hall–Kier alpha value is -3.45. The van der Waals surface area contributed by atoms with Crippen molar-refractivity contribution in [1.82, 2.24) is 24.4 Å². The molecule has 180 valence electrons. The lowest BCUT2D eigenvalue weighted by Crippen LogP contribution is -2.50. The molecule has 2 aliphatic rings. The van der Waals surface area contributed by atoms with Crippen LogP contribution in [0, 0.1) is 6.92 Å². The molecule has 2 aliphatic heterocycles. The first-order valence-corrected chi connectivity index (χ1v) is 12.2. The average Bonchev–Trinajstić information content (AvgIpc) is 3.22. The van der Waals surface area contributed by atoms with Crippen LogP contribution in [0.15, 0.2) is 35.5 Å². The third kappa shape index (κ3) is 4.12. The Balaban J connectivity index is 1.53. The van der Waals surface area contributed by atoms with Gasteiger partial charge in [0.05, 0.1) is 32.7 Å². The van der Waals surface area contributed by atoms with Gasteiger partial charge in [-0.15, -0.1) is 0 Å². The van der Waals surface area contributed by atoms with Crippen LogP contribution >= 0.6 is 0 Å². The van der Waals surface area contributed by atoms with Crippen LogP contribution in [-0.4, -0.2) is 85.4 Å². The van der Waals surface area contributed by atoms with Gasteiger partial charge < -0.3 is 28.0 Å². The molecule has 0 N–H and O–H groups in total. The molecular formula is C21H24N6O6S. The second-order valence-electron chi connectivity index (χ2n) is 8.13. The molecule has 0 radical (unpaired) electrons. The molecule has 0 aliphatic carbocycles. The predicted octanol–water partition coefficient (Wildman–Crippen LogP) is 1.36. The van der Waals surface area contributed by atoms with E-state index in [9.17, 15) is 13.2 Å². The molecule has 5 rings (SSSR count). The van der Waals surface area contributed by atoms with E-state index in [1.54, 1.807) is 23.4 Å². The van der Waals surface area contributed by atoms with E-state index in [0.717, 1.165) is 5.56 Å². The molecule has 4 heterocycles. The van der Waals surface area contributed by atoms with Crippen molar-refractivity contribution in [3.8, 4) is 5.88 Å². The summed E-state index contributed by atoms with van der Waals surface area (Å²) in [5.41, 5.74) is 1.59. The van der Waals surface area contributed by atoms with Crippen molar-refractivity contribution in [3.63, 3.8) is 0 Å². The maximum absolute atomic E-state index is 13.0. The number of morpholine rings is 1. The summed E-state index contributed by atoms with van der Waals surface area (Å²) in [6, 6.07) is 6.28. The van der Waals surface area contributed by atoms with Gasteiger partial charge in [0, 0.05) is 26.2 Å². The fourth-order valence-corrected chi connectivity index (χ4v) is 4.77. The average molecular weight is 489 g/mol. The van der Waals surface area contributed by atoms with Gasteiger partial charge in [0.25, 0.3) is 5.88 Å². The number of carbonyl (C=O) groups is 1. The summed E-state index contributed by atoms with van der Waals surface area (Å²) >= 11 is 0. The van der Waals surface area contributed by atoms with Gasteiger partial charge in [-0.05, 0) is 19.1 Å². The molecule has 2 saturated heterocycles. The van der Waals surface area contributed by atoms with Crippen LogP contribution in [-0.2, 0) is 19.6 Å². The van der Waals surface area contributed by atoms with Gasteiger partial charge in [-0.25, -0.2) is 9.78 Å². The van der Waals surface area contributed by atoms with Crippen LogP contribution in [0.5, 0.6) is 5.88 Å². The molecule has 0 saturated carbocycles. The van der Waals surface area contributed by atoms with Crippen LogP contribution in [0.4, 0.5) is 10.7 Å². The van der Waals surface area contributed by atoms with Gasteiger partial charge in [0.1, 0.15) is 4.90 Å². The minimum absolute atomic E-state index is 0.0185. The number of benzene rings is 1. The van der Waals surface area contributed by atoms with E-state index in [-0.39, 0.29) is 22.3 Å². The normalized spacial score (nSPS) is 17.0. The van der Waals surface area contributed by atoms with Gasteiger partial charge in [-0.2, -0.15) is 18.4 Å². The second kappa shape index (κ2) is 8.72. The summed E-state index contributed by atoms with van der Waals surface area (Å²) < 4.78 is 43.5. The summed E-state index contributed by atoms with van der Waals surface area (Å²) in [5, 5.41) is 0. The standard InChI is InChI=1S/C21H24N6O6S/c1-14-3-5-16(6-4-14)34(29,30)33-19-17-18(23-20(24-19)25-7-9-32-10-8-25)27(13-22-17)15-11-26(12-15)21(28)31-2/h3-6,13,15H,7-12H2,1-2H3. The van der Waals surface area contributed by atoms with E-state index in [1.807, 2.05) is 16.4 Å². The number of hydrogen-bond acceptors (Lipinski definition) is 10. The number of anilines is 1. The minimum atomic E-state index is -4.15. The highest BCUT2D eigenvalue weighted by molar-refractivity contribution is 7.87. The predicted molar refractivity (Wildman–Crippen MR) is 120 cm³/mol. The van der Waals surface area contributed by atoms with E-state index in [4.69, 9.17) is 13.7 Å². The molecule has 0 atom stereocenters. The highest BCUT2D eigenvalue weighted by atomic mass is 32.2. The van der Waals surface area contributed by atoms with Crippen molar-refractivity contribution in [3.05, 3.63) is 36.2 Å². The molecule has 1 aromatic carbocycles. The number of imidazole rings is 1. The molecule has 2 aromatic heterocycles. The van der Waals surface area contributed by atoms with Crippen molar-refractivity contribution in [2.45, 2.75) is 17.9 Å². The molecular weight excluding hydrogens is 464 g/mol. The van der Waals surface area contributed by atoms with Crippen LogP contribution in [0.25, 0.3) is 11.2 Å². The second-order valence-corrected chi connectivity index (χ2v) is 9.68. The van der Waals surface area contributed by atoms with Crippen molar-refractivity contribution in [2.75, 3.05) is 51.4 Å². The summed E-state index contributed by atoms with van der Waals surface area (Å²) in [6.45, 7) is 4.85. The minimum Gasteiger partial charge on any atom is -0.453 e. The van der Waals surface area contributed by atoms with Gasteiger partial charge in [-0.3, -0.25) is 0 Å². The number of methoxy groups -OCH3 is 1. The number of aryl methyl sites for hydroxylation is 1. The Morgan fingerprint density at radius 1 is 1.12 bits per heavy atom. The zero-order valence-electron chi connectivity index (χ0n) is 18.7. The Morgan fingerprint density at radius 3 is 2.50 bits per heavy atom. The lowest BCUT2D eigenvalue weighted by Gasteiger charge is -2.38. The highest BCUT2D eigenvalue weighted by Crippen LogP contribution is 2.31. The van der Waals surface area contributed by atoms with Gasteiger partial charge >= 0.3 is 16.2 Å². The first-order chi connectivity index (χ1) is 16.4. The number of rotatable bonds is 5. The van der Waals surface area contributed by atoms with Crippen molar-refractivity contribution in [1.29, 1.82) is 0 Å². The Bertz CT molecular complexity index is 1310. The summed E-state index contributed by atoms with van der Waals surface area (Å²) in [7, 11) is -2.81. The van der Waals surface area contributed by atoms with Gasteiger partial charge in [0.15, 0.2) is 11.2 Å². The summed E-state index contributed by atoms with van der Waals surface area (Å²) in [5.74, 6) is 0.186. The molecule has 13 heteroatoms. The third-order valence-corrected chi connectivity index (χ3v) is 7.09. The largest absolute Gasteiger partial charge is 0.453 e.